The molecule has 0 aromatic carbocycles. The van der Waals surface area contributed by atoms with E-state index in [0.717, 1.165) is 0 Å². The summed E-state index contributed by atoms with van der Waals surface area (Å²) in [6, 6.07) is 2.00. The Morgan fingerprint density at radius 3 is 2.50 bits per heavy atom. The lowest BCUT2D eigenvalue weighted by Gasteiger charge is -2.10. The Balaban J connectivity index is 1.92. The number of amides is 3. The van der Waals surface area contributed by atoms with Gasteiger partial charge in [0.15, 0.2) is 17.5 Å². The number of nitrogens with zero attached hydrogens (tertiary/aromatic N) is 4. The van der Waals surface area contributed by atoms with Crippen molar-refractivity contribution in [2.75, 3.05) is 26.1 Å². The normalized spacial score (nSPS) is 15.6. The minimum atomic E-state index is -0.916. The third-order valence-electron chi connectivity index (χ3n) is 3.52. The first-order valence-electron chi connectivity index (χ1n) is 7.65. The van der Waals surface area contributed by atoms with Gasteiger partial charge in [-0.25, -0.2) is 19.7 Å². The van der Waals surface area contributed by atoms with E-state index in [1.807, 2.05) is 14.1 Å². The van der Waals surface area contributed by atoms with Crippen LogP contribution in [0.1, 0.15) is 5.69 Å². The quantitative estimate of drug-likeness (QED) is 0.599. The molecule has 1 atom stereocenters. The molecule has 1 unspecified atom stereocenters. The maximum atomic E-state index is 11.6. The number of anilines is 1. The molecule has 9 nitrogen and oxygen atoms in total. The summed E-state index contributed by atoms with van der Waals surface area (Å²) in [6.07, 6.45) is 3.33. The predicted octanol–water partition coefficient (Wildman–Crippen LogP) is 0.173. The number of aromatic nitrogens is 3. The average Bonchev–Trinajstić information content (AvgIpc) is 2.97. The molecule has 26 heavy (non-hydrogen) atoms. The van der Waals surface area contributed by atoms with Crippen molar-refractivity contribution in [3.63, 3.8) is 0 Å². The van der Waals surface area contributed by atoms with E-state index in [1.165, 1.54) is 7.11 Å². The molecular weight excluding hydrogens is 336 g/mol. The lowest BCUT2D eigenvalue weighted by molar-refractivity contribution is -0.119. The molecule has 0 saturated carbocycles. The Morgan fingerprint density at radius 1 is 1.19 bits per heavy atom. The van der Waals surface area contributed by atoms with Crippen molar-refractivity contribution < 1.29 is 14.3 Å². The van der Waals surface area contributed by atoms with Gasteiger partial charge in [0.2, 0.25) is 5.95 Å². The van der Waals surface area contributed by atoms with Crippen LogP contribution >= 0.6 is 0 Å². The average molecular weight is 352 g/mol. The van der Waals surface area contributed by atoms with Crippen molar-refractivity contribution in [2.45, 2.75) is 6.04 Å². The highest BCUT2D eigenvalue weighted by Gasteiger charge is 2.27. The van der Waals surface area contributed by atoms with Gasteiger partial charge in [0.05, 0.1) is 12.8 Å². The number of rotatable bonds is 3. The van der Waals surface area contributed by atoms with E-state index in [1.54, 1.807) is 29.4 Å². The summed E-state index contributed by atoms with van der Waals surface area (Å²) in [5, 5.41) is 4.53. The van der Waals surface area contributed by atoms with Crippen molar-refractivity contribution in [3.8, 4) is 28.8 Å². The van der Waals surface area contributed by atoms with Crippen LogP contribution in [-0.2, 0) is 4.79 Å². The number of pyridine rings is 1. The van der Waals surface area contributed by atoms with E-state index >= 15 is 0 Å². The zero-order chi connectivity index (χ0) is 18.7. The number of imide groups is 1. The summed E-state index contributed by atoms with van der Waals surface area (Å²) in [5.74, 6) is 6.02. The van der Waals surface area contributed by atoms with E-state index in [4.69, 9.17) is 4.74 Å². The fraction of sp³-hybridized carbons (Fsp3) is 0.235. The van der Waals surface area contributed by atoms with Gasteiger partial charge < -0.3 is 15.0 Å². The summed E-state index contributed by atoms with van der Waals surface area (Å²) in [6.45, 7) is 0. The lowest BCUT2D eigenvalue weighted by atomic mass is 10.2. The molecule has 0 radical (unpaired) electrons. The molecule has 1 aliphatic rings. The predicted molar refractivity (Wildman–Crippen MR) is 93.5 cm³/mol. The van der Waals surface area contributed by atoms with Crippen molar-refractivity contribution in [2.24, 2.45) is 0 Å². The van der Waals surface area contributed by atoms with E-state index in [0.29, 0.717) is 28.6 Å². The van der Waals surface area contributed by atoms with Gasteiger partial charge in [0.25, 0.3) is 5.91 Å². The molecule has 1 fully saturated rings. The Morgan fingerprint density at radius 2 is 1.92 bits per heavy atom. The first kappa shape index (κ1) is 17.2. The molecule has 9 heteroatoms. The molecule has 1 aliphatic heterocycles. The molecule has 1 saturated heterocycles. The van der Waals surface area contributed by atoms with Gasteiger partial charge in [0, 0.05) is 32.1 Å². The fourth-order valence-electron chi connectivity index (χ4n) is 2.20. The second-order valence-corrected chi connectivity index (χ2v) is 5.58. The van der Waals surface area contributed by atoms with E-state index in [2.05, 4.69) is 37.4 Å². The molecule has 132 valence electrons. The summed E-state index contributed by atoms with van der Waals surface area (Å²) in [4.78, 5) is 37.5. The third-order valence-corrected chi connectivity index (χ3v) is 3.52. The number of nitrogens with one attached hydrogen (secondary N) is 2. The van der Waals surface area contributed by atoms with Crippen molar-refractivity contribution in [1.82, 2.24) is 25.6 Å². The Hall–Kier alpha value is -3.67. The Kier molecular flexibility index (Phi) is 4.66. The van der Waals surface area contributed by atoms with Crippen LogP contribution in [0.4, 0.5) is 10.7 Å². The lowest BCUT2D eigenvalue weighted by Crippen LogP contribution is -2.26. The van der Waals surface area contributed by atoms with Crippen LogP contribution in [0.25, 0.3) is 11.3 Å². The number of hydrogen-bond donors (Lipinski definition) is 2. The second kappa shape index (κ2) is 7.06. The largest absolute Gasteiger partial charge is 0.494 e. The van der Waals surface area contributed by atoms with Crippen LogP contribution < -0.4 is 20.3 Å². The Bertz CT molecular complexity index is 914. The van der Waals surface area contributed by atoms with Gasteiger partial charge >= 0.3 is 6.03 Å². The summed E-state index contributed by atoms with van der Waals surface area (Å²) in [5.41, 5.74) is 1.67. The van der Waals surface area contributed by atoms with Gasteiger partial charge in [-0.1, -0.05) is 5.92 Å². The molecular formula is C17H16N6O3. The number of hydrogen-bond acceptors (Lipinski definition) is 7. The maximum Gasteiger partial charge on any atom is 0.322 e. The molecule has 0 aliphatic carbocycles. The topological polar surface area (TPSA) is 109 Å². The number of methoxy groups -OCH3 is 1. The second-order valence-electron chi connectivity index (χ2n) is 5.58. The van der Waals surface area contributed by atoms with E-state index in [-0.39, 0.29) is 0 Å². The van der Waals surface area contributed by atoms with E-state index in [9.17, 15) is 9.59 Å². The molecule has 3 amide bonds. The monoisotopic (exact) mass is 352 g/mol. The SMILES string of the molecule is COc1ccc(-c2cnc(N(C)C)nc2)nc1C#CC1NC(=O)NC1=O. The smallest absolute Gasteiger partial charge is 0.322 e. The standard InChI is InChI=1S/C17H16N6O3/c1-23(2)16-18-8-10(9-19-16)11-6-7-14(26-3)12(20-11)4-5-13-15(24)22-17(25)21-13/h6-9,13H,1-3H3,(H2,21,22,24,25). The molecule has 2 aromatic heterocycles. The zero-order valence-electron chi connectivity index (χ0n) is 14.4. The van der Waals surface area contributed by atoms with Gasteiger partial charge in [-0.05, 0) is 18.1 Å². The van der Waals surface area contributed by atoms with Crippen LogP contribution in [0.5, 0.6) is 5.75 Å². The van der Waals surface area contributed by atoms with Gasteiger partial charge in [-0.3, -0.25) is 10.1 Å². The Labute approximate surface area is 149 Å². The van der Waals surface area contributed by atoms with Crippen LogP contribution in [0.2, 0.25) is 0 Å². The van der Waals surface area contributed by atoms with Crippen LogP contribution in [0, 0.1) is 11.8 Å². The van der Waals surface area contributed by atoms with Gasteiger partial charge in [-0.2, -0.15) is 0 Å². The highest BCUT2D eigenvalue weighted by atomic mass is 16.5. The number of ether oxygens (including phenoxy) is 1. The number of carbonyl (C=O) groups excluding carboxylic acids is 2. The molecule has 0 bridgehead atoms. The fourth-order valence-corrected chi connectivity index (χ4v) is 2.20. The molecule has 2 aromatic rings. The van der Waals surface area contributed by atoms with Crippen molar-refractivity contribution in [3.05, 3.63) is 30.2 Å². The summed E-state index contributed by atoms with van der Waals surface area (Å²) >= 11 is 0. The summed E-state index contributed by atoms with van der Waals surface area (Å²) < 4.78 is 5.26. The number of urea groups is 1. The minimum absolute atomic E-state index is 0.343. The van der Waals surface area contributed by atoms with Crippen LogP contribution in [-0.4, -0.2) is 54.1 Å². The number of carbonyl (C=O) groups is 2. The molecule has 3 rings (SSSR count). The minimum Gasteiger partial charge on any atom is -0.494 e. The van der Waals surface area contributed by atoms with Crippen LogP contribution in [0.15, 0.2) is 24.5 Å². The first-order chi connectivity index (χ1) is 12.5. The molecule has 0 spiro atoms. The summed E-state index contributed by atoms with van der Waals surface area (Å²) in [7, 11) is 5.21. The van der Waals surface area contributed by atoms with Gasteiger partial charge in [-0.15, -0.1) is 0 Å². The highest BCUT2D eigenvalue weighted by molar-refractivity contribution is 6.05. The van der Waals surface area contributed by atoms with Crippen molar-refractivity contribution >= 4 is 17.9 Å². The van der Waals surface area contributed by atoms with Gasteiger partial charge in [0.1, 0.15) is 0 Å². The third kappa shape index (κ3) is 3.54. The van der Waals surface area contributed by atoms with E-state index < -0.39 is 18.0 Å². The van der Waals surface area contributed by atoms with Crippen molar-refractivity contribution in [1.29, 1.82) is 0 Å². The highest BCUT2D eigenvalue weighted by Crippen LogP contribution is 2.22. The molecule has 3 heterocycles. The zero-order valence-corrected chi connectivity index (χ0v) is 14.4. The van der Waals surface area contributed by atoms with Crippen LogP contribution in [0.3, 0.4) is 0 Å². The maximum absolute atomic E-state index is 11.6. The molecule has 2 N–H and O–H groups in total. The first-order valence-corrected chi connectivity index (χ1v) is 7.65.